The second kappa shape index (κ2) is 5.89. The van der Waals surface area contributed by atoms with Crippen molar-refractivity contribution < 1.29 is 13.5 Å². The quantitative estimate of drug-likeness (QED) is 0.862. The van der Waals surface area contributed by atoms with E-state index in [2.05, 4.69) is 6.58 Å². The van der Waals surface area contributed by atoms with Crippen LogP contribution in [0.15, 0.2) is 53.5 Å². The smallest absolute Gasteiger partial charge is 0.243 e. The Hall–Kier alpha value is -1.43. The summed E-state index contributed by atoms with van der Waals surface area (Å²) in [6.07, 6.45) is 6.18. The van der Waals surface area contributed by atoms with Crippen LogP contribution in [0, 0.1) is 12.8 Å². The molecule has 1 N–H and O–H groups in total. The molecule has 0 aromatic heterocycles. The Morgan fingerprint density at radius 1 is 1.35 bits per heavy atom. The molecule has 2 atom stereocenters. The van der Waals surface area contributed by atoms with Gasteiger partial charge in [-0.25, -0.2) is 8.42 Å². The minimum Gasteiger partial charge on any atom is -0.385 e. The predicted molar refractivity (Wildman–Crippen MR) is 90.5 cm³/mol. The van der Waals surface area contributed by atoms with Crippen LogP contribution in [0.25, 0.3) is 0 Å². The number of hydrogen-bond acceptors (Lipinski definition) is 3. The summed E-state index contributed by atoms with van der Waals surface area (Å²) in [5.74, 6) is 0.00998. The van der Waals surface area contributed by atoms with Crippen LogP contribution in [0.4, 0.5) is 0 Å². The lowest BCUT2D eigenvalue weighted by Crippen LogP contribution is -2.38. The van der Waals surface area contributed by atoms with E-state index >= 15 is 0 Å². The molecule has 2 aliphatic rings. The molecule has 0 unspecified atom stereocenters. The lowest BCUT2D eigenvalue weighted by atomic mass is 9.84. The second-order valence-corrected chi connectivity index (χ2v) is 8.44. The SMILES string of the molecule is C=C[C@H]1CCC[C@@]1(O)C1=CCN(S(=O)(=O)c2ccc(C)cc2)C1. The summed E-state index contributed by atoms with van der Waals surface area (Å²) in [7, 11) is -3.52. The van der Waals surface area contributed by atoms with Crippen molar-refractivity contribution in [2.75, 3.05) is 13.1 Å². The first-order valence-corrected chi connectivity index (χ1v) is 9.43. The van der Waals surface area contributed by atoms with Crippen LogP contribution in [0.3, 0.4) is 0 Å². The molecule has 124 valence electrons. The van der Waals surface area contributed by atoms with Crippen LogP contribution < -0.4 is 0 Å². The molecule has 3 rings (SSSR count). The van der Waals surface area contributed by atoms with E-state index in [-0.39, 0.29) is 12.5 Å². The van der Waals surface area contributed by atoms with E-state index in [0.29, 0.717) is 17.9 Å². The zero-order chi connectivity index (χ0) is 16.7. The maximum Gasteiger partial charge on any atom is 0.243 e. The highest BCUT2D eigenvalue weighted by atomic mass is 32.2. The van der Waals surface area contributed by atoms with Gasteiger partial charge in [-0.15, -0.1) is 6.58 Å². The lowest BCUT2D eigenvalue weighted by molar-refractivity contribution is 0.0549. The predicted octanol–water partition coefficient (Wildman–Crippen LogP) is 2.64. The monoisotopic (exact) mass is 333 g/mol. The van der Waals surface area contributed by atoms with E-state index in [1.165, 1.54) is 4.31 Å². The summed E-state index contributed by atoms with van der Waals surface area (Å²) in [6.45, 7) is 6.32. The molecule has 0 saturated heterocycles. The normalized spacial score (nSPS) is 28.8. The molecule has 1 aromatic carbocycles. The fraction of sp³-hybridized carbons (Fsp3) is 0.444. The number of nitrogens with zero attached hydrogens (tertiary/aromatic N) is 1. The van der Waals surface area contributed by atoms with Gasteiger partial charge in [-0.2, -0.15) is 4.31 Å². The Labute approximate surface area is 138 Å². The van der Waals surface area contributed by atoms with Gasteiger partial charge in [0.25, 0.3) is 0 Å². The molecule has 1 aliphatic carbocycles. The largest absolute Gasteiger partial charge is 0.385 e. The maximum atomic E-state index is 12.8. The summed E-state index contributed by atoms with van der Waals surface area (Å²) < 4.78 is 26.9. The third-order valence-corrected chi connectivity index (χ3v) is 6.90. The summed E-state index contributed by atoms with van der Waals surface area (Å²) in [5, 5.41) is 11.0. The van der Waals surface area contributed by atoms with E-state index in [1.54, 1.807) is 30.3 Å². The molecule has 23 heavy (non-hydrogen) atoms. The van der Waals surface area contributed by atoms with Crippen molar-refractivity contribution in [2.24, 2.45) is 5.92 Å². The van der Waals surface area contributed by atoms with E-state index in [1.807, 2.05) is 13.0 Å². The summed E-state index contributed by atoms with van der Waals surface area (Å²) in [5.41, 5.74) is 0.910. The zero-order valence-corrected chi connectivity index (χ0v) is 14.2. The molecule has 1 fully saturated rings. The molecular formula is C18H23NO3S. The molecule has 1 aliphatic heterocycles. The number of rotatable bonds is 4. The van der Waals surface area contributed by atoms with Crippen LogP contribution in [-0.2, 0) is 10.0 Å². The summed E-state index contributed by atoms with van der Waals surface area (Å²) >= 11 is 0. The van der Waals surface area contributed by atoms with Gasteiger partial charge in [0.15, 0.2) is 0 Å². The maximum absolute atomic E-state index is 12.8. The average molecular weight is 333 g/mol. The average Bonchev–Trinajstić information content (AvgIpc) is 3.15. The van der Waals surface area contributed by atoms with Gasteiger partial charge in [-0.3, -0.25) is 0 Å². The highest BCUT2D eigenvalue weighted by molar-refractivity contribution is 7.89. The topological polar surface area (TPSA) is 57.6 Å². The molecule has 0 bridgehead atoms. The lowest BCUT2D eigenvalue weighted by Gasteiger charge is -2.30. The molecule has 1 heterocycles. The standard InChI is InChI=1S/C18H23NO3S/c1-3-15-5-4-11-18(15,20)16-10-12-19(13-16)23(21,22)17-8-6-14(2)7-9-17/h3,6-10,15,20H,1,4-5,11-13H2,2H3/t15-,18-/m0/s1. The molecule has 4 nitrogen and oxygen atoms in total. The molecule has 1 aromatic rings. The minimum absolute atomic E-state index is 0.00998. The van der Waals surface area contributed by atoms with Crippen molar-refractivity contribution in [2.45, 2.75) is 36.7 Å². The fourth-order valence-corrected chi connectivity index (χ4v) is 4.97. The van der Waals surface area contributed by atoms with E-state index in [9.17, 15) is 13.5 Å². The van der Waals surface area contributed by atoms with Gasteiger partial charge in [-0.05, 0) is 43.9 Å². The zero-order valence-electron chi connectivity index (χ0n) is 13.4. The first-order valence-electron chi connectivity index (χ1n) is 7.99. The van der Waals surface area contributed by atoms with Crippen LogP contribution >= 0.6 is 0 Å². The Bertz CT molecular complexity index is 736. The van der Waals surface area contributed by atoms with Gasteiger partial charge in [0.1, 0.15) is 0 Å². The van der Waals surface area contributed by atoms with E-state index in [4.69, 9.17) is 0 Å². The molecule has 0 amide bonds. The number of aliphatic hydroxyl groups is 1. The minimum atomic E-state index is -3.52. The molecule has 0 spiro atoms. The highest BCUT2D eigenvalue weighted by Crippen LogP contribution is 2.43. The first kappa shape index (κ1) is 16.4. The Balaban J connectivity index is 1.81. The summed E-state index contributed by atoms with van der Waals surface area (Å²) in [4.78, 5) is 0.302. The van der Waals surface area contributed by atoms with Gasteiger partial charge in [0, 0.05) is 19.0 Å². The second-order valence-electron chi connectivity index (χ2n) is 6.50. The van der Waals surface area contributed by atoms with Gasteiger partial charge < -0.3 is 5.11 Å². The van der Waals surface area contributed by atoms with Crippen molar-refractivity contribution in [1.82, 2.24) is 4.31 Å². The highest BCUT2D eigenvalue weighted by Gasteiger charge is 2.45. The molecule has 5 heteroatoms. The Morgan fingerprint density at radius 3 is 2.70 bits per heavy atom. The van der Waals surface area contributed by atoms with Crippen molar-refractivity contribution in [3.63, 3.8) is 0 Å². The van der Waals surface area contributed by atoms with Gasteiger partial charge in [0.2, 0.25) is 10.0 Å². The Morgan fingerprint density at radius 2 is 2.04 bits per heavy atom. The molecule has 1 saturated carbocycles. The number of benzene rings is 1. The van der Waals surface area contributed by atoms with Crippen LogP contribution in [-0.4, -0.2) is 36.5 Å². The number of sulfonamides is 1. The first-order chi connectivity index (χ1) is 10.9. The number of aryl methyl sites for hydroxylation is 1. The van der Waals surface area contributed by atoms with E-state index < -0.39 is 15.6 Å². The van der Waals surface area contributed by atoms with Crippen molar-refractivity contribution in [3.8, 4) is 0 Å². The van der Waals surface area contributed by atoms with Crippen LogP contribution in [0.1, 0.15) is 24.8 Å². The van der Waals surface area contributed by atoms with Crippen molar-refractivity contribution in [3.05, 3.63) is 54.1 Å². The van der Waals surface area contributed by atoms with Gasteiger partial charge in [-0.1, -0.05) is 29.8 Å². The van der Waals surface area contributed by atoms with Crippen molar-refractivity contribution >= 4 is 10.0 Å². The van der Waals surface area contributed by atoms with Gasteiger partial charge in [0.05, 0.1) is 10.5 Å². The van der Waals surface area contributed by atoms with Crippen LogP contribution in [0.5, 0.6) is 0 Å². The van der Waals surface area contributed by atoms with Crippen molar-refractivity contribution in [1.29, 1.82) is 0 Å². The van der Waals surface area contributed by atoms with E-state index in [0.717, 1.165) is 24.0 Å². The Kier molecular flexibility index (Phi) is 4.21. The molecular weight excluding hydrogens is 310 g/mol. The molecule has 0 radical (unpaired) electrons. The summed E-state index contributed by atoms with van der Waals surface area (Å²) in [6, 6.07) is 6.88. The fourth-order valence-electron chi connectivity index (χ4n) is 3.61. The van der Waals surface area contributed by atoms with Crippen LogP contribution in [0.2, 0.25) is 0 Å². The van der Waals surface area contributed by atoms with Gasteiger partial charge >= 0.3 is 0 Å². The third kappa shape index (κ3) is 2.77. The third-order valence-electron chi connectivity index (χ3n) is 5.07. The number of hydrogen-bond donors (Lipinski definition) is 1.